The maximum Gasteiger partial charge on any atom is 0.267 e. The molecule has 34 heavy (non-hydrogen) atoms. The average molecular weight is 516 g/mol. The number of amidine groups is 1. The molecule has 1 aliphatic heterocycles. The molecule has 1 aromatic heterocycles. The van der Waals surface area contributed by atoms with Crippen molar-refractivity contribution < 1.29 is 19.1 Å². The van der Waals surface area contributed by atoms with E-state index in [9.17, 15) is 9.90 Å². The number of phenolic OH excluding ortho intramolecular Hbond substituents is 1. The van der Waals surface area contributed by atoms with Gasteiger partial charge in [-0.05, 0) is 72.3 Å². The van der Waals surface area contributed by atoms with Crippen molar-refractivity contribution in [1.29, 1.82) is 0 Å². The summed E-state index contributed by atoms with van der Waals surface area (Å²) < 4.78 is 10.8. The normalized spacial score (nSPS) is 16.3. The van der Waals surface area contributed by atoms with Crippen molar-refractivity contribution in [2.24, 2.45) is 10.2 Å². The van der Waals surface area contributed by atoms with Crippen molar-refractivity contribution in [3.8, 4) is 11.5 Å². The molecule has 0 saturated carbocycles. The first-order valence-electron chi connectivity index (χ1n) is 10.2. The van der Waals surface area contributed by atoms with Crippen LogP contribution in [0.5, 0.6) is 11.5 Å². The number of furan rings is 1. The van der Waals surface area contributed by atoms with Gasteiger partial charge in [-0.15, -0.1) is 5.10 Å². The summed E-state index contributed by atoms with van der Waals surface area (Å²) in [5, 5.41) is 19.4. The quantitative estimate of drug-likeness (QED) is 0.230. The molecule has 1 saturated heterocycles. The highest BCUT2D eigenvalue weighted by molar-refractivity contribution is 8.18. The zero-order chi connectivity index (χ0) is 24.1. The summed E-state index contributed by atoms with van der Waals surface area (Å²) in [4.78, 5) is 15.1. The smallest absolute Gasteiger partial charge is 0.267 e. The zero-order valence-corrected chi connectivity index (χ0v) is 20.3. The van der Waals surface area contributed by atoms with Gasteiger partial charge in [-0.3, -0.25) is 9.69 Å². The second kappa shape index (κ2) is 10.8. The number of aromatic hydroxyl groups is 1. The lowest BCUT2D eigenvalue weighted by Gasteiger charge is -2.12. The number of ether oxygens (including phenoxy) is 1. The highest BCUT2D eigenvalue weighted by Crippen LogP contribution is 2.36. The number of rotatable bonds is 7. The molecule has 0 spiro atoms. The Balaban J connectivity index is 1.63. The Labute approximate surface area is 210 Å². The number of nitrogens with zero attached hydrogens (tertiary/aromatic N) is 3. The van der Waals surface area contributed by atoms with E-state index in [4.69, 9.17) is 32.4 Å². The fourth-order valence-electron chi connectivity index (χ4n) is 3.08. The van der Waals surface area contributed by atoms with Crippen LogP contribution in [-0.4, -0.2) is 33.9 Å². The molecule has 7 nitrogen and oxygen atoms in total. The number of hydrogen-bond acceptors (Lipinski definition) is 7. The van der Waals surface area contributed by atoms with Crippen LogP contribution >= 0.6 is 35.0 Å². The van der Waals surface area contributed by atoms with Crippen LogP contribution in [0.4, 0.5) is 0 Å². The lowest BCUT2D eigenvalue weighted by molar-refractivity contribution is -0.122. The molecule has 10 heteroatoms. The van der Waals surface area contributed by atoms with Crippen LogP contribution in [-0.2, 0) is 11.3 Å². The van der Waals surface area contributed by atoms with E-state index < -0.39 is 0 Å². The molecule has 0 atom stereocenters. The Hall–Kier alpha value is -3.20. The van der Waals surface area contributed by atoms with Crippen LogP contribution in [0.1, 0.15) is 23.8 Å². The largest absolute Gasteiger partial charge is 0.504 e. The lowest BCUT2D eigenvalue weighted by atomic mass is 10.2. The van der Waals surface area contributed by atoms with Crippen molar-refractivity contribution in [2.75, 3.05) is 6.61 Å². The van der Waals surface area contributed by atoms with Gasteiger partial charge in [0, 0.05) is 0 Å². The summed E-state index contributed by atoms with van der Waals surface area (Å²) in [5.74, 6) is 0.746. The van der Waals surface area contributed by atoms with E-state index in [-0.39, 0.29) is 18.2 Å². The number of benzene rings is 2. The highest BCUT2D eigenvalue weighted by Gasteiger charge is 2.34. The van der Waals surface area contributed by atoms with Gasteiger partial charge in [0.2, 0.25) is 0 Å². The SMILES string of the molecule is CCOc1cc(/C=N\N=C2\S/C(=C\c3cccc(Cl)c3Cl)C(=O)N2Cc2ccco2)ccc1O. The van der Waals surface area contributed by atoms with Gasteiger partial charge in [-0.25, -0.2) is 0 Å². The van der Waals surface area contributed by atoms with E-state index in [0.717, 1.165) is 0 Å². The first kappa shape index (κ1) is 23.9. The Bertz CT molecular complexity index is 1290. The number of carbonyl (C=O) groups is 1. The predicted molar refractivity (Wildman–Crippen MR) is 136 cm³/mol. The second-order valence-corrected chi connectivity index (χ2v) is 8.81. The zero-order valence-electron chi connectivity index (χ0n) is 17.9. The third kappa shape index (κ3) is 5.47. The number of amides is 1. The molecule has 174 valence electrons. The topological polar surface area (TPSA) is 87.6 Å². The number of hydrogen-bond donors (Lipinski definition) is 1. The minimum atomic E-state index is -0.255. The molecule has 1 fully saturated rings. The Morgan fingerprint density at radius 1 is 1.21 bits per heavy atom. The van der Waals surface area contributed by atoms with E-state index in [2.05, 4.69) is 10.2 Å². The lowest BCUT2D eigenvalue weighted by Crippen LogP contribution is -2.28. The van der Waals surface area contributed by atoms with Crippen LogP contribution in [0.2, 0.25) is 10.0 Å². The van der Waals surface area contributed by atoms with Gasteiger partial charge in [0.1, 0.15) is 5.76 Å². The number of carbonyl (C=O) groups excluding carboxylic acids is 1. The van der Waals surface area contributed by atoms with Crippen molar-refractivity contribution in [2.45, 2.75) is 13.5 Å². The second-order valence-electron chi connectivity index (χ2n) is 7.01. The molecule has 2 heterocycles. The molecule has 4 rings (SSSR count). The molecule has 1 amide bonds. The third-order valence-electron chi connectivity index (χ3n) is 4.68. The maximum atomic E-state index is 13.2. The van der Waals surface area contributed by atoms with Gasteiger partial charge in [0.15, 0.2) is 16.7 Å². The Morgan fingerprint density at radius 3 is 2.82 bits per heavy atom. The summed E-state index contributed by atoms with van der Waals surface area (Å²) in [6.45, 7) is 2.44. The van der Waals surface area contributed by atoms with Crippen LogP contribution in [0.3, 0.4) is 0 Å². The monoisotopic (exact) mass is 515 g/mol. The summed E-state index contributed by atoms with van der Waals surface area (Å²) in [6, 6.07) is 13.6. The fourth-order valence-corrected chi connectivity index (χ4v) is 4.37. The fraction of sp³-hybridized carbons (Fsp3) is 0.125. The molecule has 0 unspecified atom stereocenters. The van der Waals surface area contributed by atoms with Crippen LogP contribution < -0.4 is 4.74 Å². The van der Waals surface area contributed by atoms with E-state index in [1.54, 1.807) is 54.8 Å². The van der Waals surface area contributed by atoms with Crippen LogP contribution in [0, 0.1) is 0 Å². The third-order valence-corrected chi connectivity index (χ3v) is 6.51. The van der Waals surface area contributed by atoms with E-state index in [1.165, 1.54) is 28.9 Å². The first-order valence-corrected chi connectivity index (χ1v) is 11.8. The van der Waals surface area contributed by atoms with Crippen molar-refractivity contribution in [1.82, 2.24) is 4.90 Å². The molecule has 0 aliphatic carbocycles. The minimum Gasteiger partial charge on any atom is -0.504 e. The van der Waals surface area contributed by atoms with Crippen molar-refractivity contribution >= 4 is 58.3 Å². The number of thioether (sulfide) groups is 1. The average Bonchev–Trinajstić information content (AvgIpc) is 3.43. The summed E-state index contributed by atoms with van der Waals surface area (Å²) in [7, 11) is 0. The summed E-state index contributed by atoms with van der Waals surface area (Å²) in [6.07, 6.45) is 4.73. The van der Waals surface area contributed by atoms with Crippen LogP contribution in [0.25, 0.3) is 6.08 Å². The summed E-state index contributed by atoms with van der Waals surface area (Å²) in [5.41, 5.74) is 1.30. The Kier molecular flexibility index (Phi) is 7.62. The molecule has 1 aliphatic rings. The number of halogens is 2. The summed E-state index contributed by atoms with van der Waals surface area (Å²) >= 11 is 13.6. The highest BCUT2D eigenvalue weighted by atomic mass is 35.5. The molecule has 3 aromatic rings. The maximum absolute atomic E-state index is 13.2. The molecule has 1 N–H and O–H groups in total. The standard InChI is InChI=1S/C24H19Cl2N3O4S/c1-2-32-20-11-15(8-9-19(20)30)13-27-28-24-29(14-17-6-4-10-33-17)23(31)21(34-24)12-16-5-3-7-18(25)22(16)26/h3-13,30H,2,14H2,1H3/b21-12-,27-13-,28-24+. The van der Waals surface area contributed by atoms with E-state index >= 15 is 0 Å². The molecular weight excluding hydrogens is 497 g/mol. The van der Waals surface area contributed by atoms with Gasteiger partial charge in [-0.1, -0.05) is 35.3 Å². The first-order chi connectivity index (χ1) is 16.5. The Morgan fingerprint density at radius 2 is 2.06 bits per heavy atom. The van der Waals surface area contributed by atoms with Gasteiger partial charge in [-0.2, -0.15) is 5.10 Å². The van der Waals surface area contributed by atoms with E-state index in [1.807, 2.05) is 6.92 Å². The van der Waals surface area contributed by atoms with Gasteiger partial charge < -0.3 is 14.3 Å². The van der Waals surface area contributed by atoms with Gasteiger partial charge in [0.25, 0.3) is 5.91 Å². The van der Waals surface area contributed by atoms with Crippen LogP contribution in [0.15, 0.2) is 74.3 Å². The molecule has 0 bridgehead atoms. The predicted octanol–water partition coefficient (Wildman–Crippen LogP) is 6.20. The van der Waals surface area contributed by atoms with E-state index in [0.29, 0.717) is 49.4 Å². The minimum absolute atomic E-state index is 0.0429. The van der Waals surface area contributed by atoms with Gasteiger partial charge >= 0.3 is 0 Å². The molecule has 0 radical (unpaired) electrons. The van der Waals surface area contributed by atoms with Crippen molar-refractivity contribution in [3.05, 3.63) is 86.6 Å². The number of phenols is 1. The molecular formula is C24H19Cl2N3O4S. The van der Waals surface area contributed by atoms with Crippen molar-refractivity contribution in [3.63, 3.8) is 0 Å². The van der Waals surface area contributed by atoms with Gasteiger partial charge in [0.05, 0.1) is 40.6 Å². The molecule has 2 aromatic carbocycles.